The summed E-state index contributed by atoms with van der Waals surface area (Å²) in [6, 6.07) is 0. The Morgan fingerprint density at radius 2 is 1.80 bits per heavy atom. The van der Waals surface area contributed by atoms with Crippen LogP contribution in [0.15, 0.2) is 12.7 Å². The molecule has 0 spiro atoms. The maximum absolute atomic E-state index is 12.2. The lowest BCUT2D eigenvalue weighted by Crippen LogP contribution is -2.70. The summed E-state index contributed by atoms with van der Waals surface area (Å²) in [4.78, 5) is 13.5. The molecule has 1 atom stereocenters. The van der Waals surface area contributed by atoms with Crippen molar-refractivity contribution in [2.24, 2.45) is 0 Å². The van der Waals surface area contributed by atoms with E-state index >= 15 is 0 Å². The van der Waals surface area contributed by atoms with E-state index in [0.29, 0.717) is 13.1 Å². The normalized spacial score (nSPS) is 20.0. The van der Waals surface area contributed by atoms with E-state index in [9.17, 15) is 9.00 Å². The fourth-order valence-electron chi connectivity index (χ4n) is 1.66. The van der Waals surface area contributed by atoms with Crippen LogP contribution in [0.25, 0.3) is 0 Å². The van der Waals surface area contributed by atoms with Crippen LogP contribution < -0.4 is 4.72 Å². The average Bonchev–Trinajstić information content (AvgIpc) is 2.18. The first-order valence-corrected chi connectivity index (χ1v) is 7.85. The Morgan fingerprint density at radius 1 is 1.30 bits per heavy atom. The molecule has 1 heterocycles. The van der Waals surface area contributed by atoms with Crippen LogP contribution in [0.4, 0.5) is 4.79 Å². The lowest BCUT2D eigenvalue weighted by Gasteiger charge is -2.48. The summed E-state index contributed by atoms with van der Waals surface area (Å²) >= 11 is 0. The van der Waals surface area contributed by atoms with Crippen molar-refractivity contribution in [3.63, 3.8) is 0 Å². The van der Waals surface area contributed by atoms with Gasteiger partial charge in [-0.2, -0.15) is 0 Å². The second-order valence-corrected chi connectivity index (χ2v) is 9.15. The Kier molecular flexibility index (Phi) is 4.71. The molecule has 0 bridgehead atoms. The van der Waals surface area contributed by atoms with Gasteiger partial charge in [-0.25, -0.2) is 13.7 Å². The lowest BCUT2D eigenvalue weighted by molar-refractivity contribution is -0.00243. The average molecular weight is 302 g/mol. The molecule has 1 saturated heterocycles. The maximum atomic E-state index is 12.2. The van der Waals surface area contributed by atoms with E-state index < -0.39 is 22.1 Å². The van der Waals surface area contributed by atoms with Crippen molar-refractivity contribution < 1.29 is 13.7 Å². The largest absolute Gasteiger partial charge is 0.444 e. The minimum atomic E-state index is -1.20. The molecular formula is C14H26N2O3S. The molecular weight excluding hydrogens is 276 g/mol. The zero-order valence-corrected chi connectivity index (χ0v) is 14.1. The second kappa shape index (κ2) is 5.48. The molecule has 5 nitrogen and oxygen atoms in total. The molecule has 1 aliphatic heterocycles. The summed E-state index contributed by atoms with van der Waals surface area (Å²) in [5.41, 5.74) is -1.000. The number of carbonyl (C=O) groups is 1. The summed E-state index contributed by atoms with van der Waals surface area (Å²) in [7, 11) is -1.20. The number of ether oxygens (including phenoxy) is 1. The predicted molar refractivity (Wildman–Crippen MR) is 81.8 cm³/mol. The smallest absolute Gasteiger partial charge is 0.410 e. The van der Waals surface area contributed by atoms with E-state index in [1.807, 2.05) is 41.5 Å². The molecule has 6 heteroatoms. The summed E-state index contributed by atoms with van der Waals surface area (Å²) in [5.74, 6) is 0. The molecule has 1 fully saturated rings. The predicted octanol–water partition coefficient (Wildman–Crippen LogP) is 2.21. The van der Waals surface area contributed by atoms with Gasteiger partial charge in [-0.3, -0.25) is 0 Å². The number of carbonyl (C=O) groups excluding carboxylic acids is 1. The van der Waals surface area contributed by atoms with Gasteiger partial charge in [0.1, 0.15) is 5.60 Å². The fourth-order valence-corrected chi connectivity index (χ4v) is 2.55. The van der Waals surface area contributed by atoms with Gasteiger partial charge in [0.2, 0.25) is 0 Å². The number of amides is 1. The molecule has 0 radical (unpaired) electrons. The first-order chi connectivity index (χ1) is 8.88. The van der Waals surface area contributed by atoms with E-state index in [4.69, 9.17) is 4.74 Å². The van der Waals surface area contributed by atoms with E-state index in [1.54, 1.807) is 11.0 Å². The van der Waals surface area contributed by atoms with E-state index in [-0.39, 0.29) is 10.8 Å². The first-order valence-electron chi connectivity index (χ1n) is 6.70. The molecule has 1 N–H and O–H groups in total. The van der Waals surface area contributed by atoms with Gasteiger partial charge in [-0.05, 0) is 41.5 Å². The third kappa shape index (κ3) is 4.31. The van der Waals surface area contributed by atoms with Crippen molar-refractivity contribution in [3.8, 4) is 0 Å². The number of hydrogen-bond acceptors (Lipinski definition) is 3. The van der Waals surface area contributed by atoms with Crippen LogP contribution in [-0.4, -0.2) is 44.2 Å². The van der Waals surface area contributed by atoms with Crippen molar-refractivity contribution in [1.82, 2.24) is 9.62 Å². The highest BCUT2D eigenvalue weighted by Gasteiger charge is 2.46. The fraction of sp³-hybridized carbons (Fsp3) is 0.786. The third-order valence-corrected chi connectivity index (χ3v) is 4.54. The Morgan fingerprint density at radius 3 is 2.15 bits per heavy atom. The molecule has 0 aromatic heterocycles. The Bertz CT molecular complexity index is 415. The quantitative estimate of drug-likeness (QED) is 0.813. The van der Waals surface area contributed by atoms with E-state index in [0.717, 1.165) is 0 Å². The highest BCUT2D eigenvalue weighted by atomic mass is 32.2. The number of hydrogen-bond donors (Lipinski definition) is 1. The number of nitrogens with zero attached hydrogens (tertiary/aromatic N) is 1. The second-order valence-electron chi connectivity index (χ2n) is 7.18. The van der Waals surface area contributed by atoms with Gasteiger partial charge in [0, 0.05) is 13.1 Å². The Hall–Kier alpha value is -0.880. The van der Waals surface area contributed by atoms with Crippen molar-refractivity contribution >= 4 is 17.1 Å². The zero-order chi connectivity index (χ0) is 15.8. The number of rotatable bonds is 3. The van der Waals surface area contributed by atoms with Gasteiger partial charge in [-0.1, -0.05) is 6.08 Å². The summed E-state index contributed by atoms with van der Waals surface area (Å²) in [6.07, 6.45) is 1.37. The highest BCUT2D eigenvalue weighted by Crippen LogP contribution is 2.26. The van der Waals surface area contributed by atoms with Crippen molar-refractivity contribution in [1.29, 1.82) is 0 Å². The lowest BCUT2D eigenvalue weighted by atomic mass is 9.92. The monoisotopic (exact) mass is 302 g/mol. The van der Waals surface area contributed by atoms with Crippen LogP contribution in [0.1, 0.15) is 41.5 Å². The van der Waals surface area contributed by atoms with Gasteiger partial charge in [-0.15, -0.1) is 6.58 Å². The molecule has 0 aliphatic carbocycles. The van der Waals surface area contributed by atoms with Gasteiger partial charge in [0.05, 0.1) is 21.3 Å². The molecule has 1 rings (SSSR count). The number of likely N-dealkylation sites (tertiary alicyclic amines) is 1. The van der Waals surface area contributed by atoms with Crippen molar-refractivity contribution in [2.75, 3.05) is 13.1 Å². The molecule has 0 saturated carbocycles. The molecule has 1 unspecified atom stereocenters. The van der Waals surface area contributed by atoms with Crippen LogP contribution in [0.3, 0.4) is 0 Å². The van der Waals surface area contributed by atoms with Crippen LogP contribution in [0, 0.1) is 0 Å². The van der Waals surface area contributed by atoms with Gasteiger partial charge < -0.3 is 9.64 Å². The molecule has 116 valence electrons. The maximum Gasteiger partial charge on any atom is 0.410 e. The summed E-state index contributed by atoms with van der Waals surface area (Å²) < 4.78 is 20.2. The highest BCUT2D eigenvalue weighted by molar-refractivity contribution is 7.84. The minimum Gasteiger partial charge on any atom is -0.444 e. The van der Waals surface area contributed by atoms with Crippen LogP contribution >= 0.6 is 0 Å². The standard InChI is InChI=1S/C14H26N2O3S/c1-8-14(15-20(18)13(5,6)7)9-16(10-14)11(17)19-12(2,3)4/h8,15H,1,9-10H2,2-7H3. The van der Waals surface area contributed by atoms with Crippen LogP contribution in [0.2, 0.25) is 0 Å². The molecule has 1 aliphatic rings. The minimum absolute atomic E-state index is 0.349. The Balaban J connectivity index is 2.60. The topological polar surface area (TPSA) is 58.6 Å². The zero-order valence-electron chi connectivity index (χ0n) is 13.3. The first kappa shape index (κ1) is 17.2. The van der Waals surface area contributed by atoms with Gasteiger partial charge in [0.25, 0.3) is 0 Å². The van der Waals surface area contributed by atoms with Crippen molar-refractivity contribution in [2.45, 2.75) is 57.4 Å². The summed E-state index contributed by atoms with van der Waals surface area (Å²) in [5, 5.41) is 0. The van der Waals surface area contributed by atoms with Crippen LogP contribution in [0.5, 0.6) is 0 Å². The third-order valence-electron chi connectivity index (χ3n) is 2.84. The van der Waals surface area contributed by atoms with Gasteiger partial charge >= 0.3 is 6.09 Å². The van der Waals surface area contributed by atoms with Crippen molar-refractivity contribution in [3.05, 3.63) is 12.7 Å². The number of nitrogens with one attached hydrogen (secondary N) is 1. The molecule has 0 aromatic rings. The Labute approximate surface area is 124 Å². The van der Waals surface area contributed by atoms with Crippen LogP contribution in [-0.2, 0) is 15.7 Å². The summed E-state index contributed by atoms with van der Waals surface area (Å²) in [6.45, 7) is 15.8. The van der Waals surface area contributed by atoms with E-state index in [1.165, 1.54) is 0 Å². The van der Waals surface area contributed by atoms with E-state index in [2.05, 4.69) is 11.3 Å². The molecule has 1 amide bonds. The van der Waals surface area contributed by atoms with Gasteiger partial charge in [0.15, 0.2) is 0 Å². The SMILES string of the molecule is C=CC1(NS(=O)C(C)(C)C)CN(C(=O)OC(C)(C)C)C1. The molecule has 0 aromatic carbocycles. The molecule has 20 heavy (non-hydrogen) atoms.